The summed E-state index contributed by atoms with van der Waals surface area (Å²) >= 11 is 11.9. The van der Waals surface area contributed by atoms with Gasteiger partial charge in [-0.05, 0) is 42.0 Å². The van der Waals surface area contributed by atoms with Gasteiger partial charge >= 0.3 is 0 Å². The van der Waals surface area contributed by atoms with E-state index in [1.54, 1.807) is 24.3 Å². The molecule has 1 aromatic carbocycles. The molecule has 1 aromatic rings. The number of piperidine rings is 1. The molecular formula is C16H19Cl2NO. The third kappa shape index (κ3) is 4.00. The zero-order valence-corrected chi connectivity index (χ0v) is 13.3. The van der Waals surface area contributed by atoms with Gasteiger partial charge in [-0.1, -0.05) is 43.1 Å². The van der Waals surface area contributed by atoms with Gasteiger partial charge < -0.3 is 4.90 Å². The highest BCUT2D eigenvalue weighted by atomic mass is 35.5. The van der Waals surface area contributed by atoms with Crippen LogP contribution in [0.15, 0.2) is 24.3 Å². The number of carbonyl (C=O) groups is 1. The highest BCUT2D eigenvalue weighted by molar-refractivity contribution is 6.35. The van der Waals surface area contributed by atoms with Crippen molar-refractivity contribution in [3.8, 4) is 0 Å². The third-order valence-electron chi connectivity index (χ3n) is 3.55. The van der Waals surface area contributed by atoms with Crippen molar-refractivity contribution in [1.82, 2.24) is 4.90 Å². The molecule has 2 rings (SSSR count). The summed E-state index contributed by atoms with van der Waals surface area (Å²) in [6, 6.07) is 5.26. The molecule has 20 heavy (non-hydrogen) atoms. The van der Waals surface area contributed by atoms with Crippen molar-refractivity contribution in [2.24, 2.45) is 11.8 Å². The fraction of sp³-hybridized carbons (Fsp3) is 0.438. The molecule has 2 nitrogen and oxygen atoms in total. The van der Waals surface area contributed by atoms with Gasteiger partial charge in [0.1, 0.15) is 0 Å². The first-order chi connectivity index (χ1) is 9.45. The molecule has 1 saturated heterocycles. The molecule has 1 aliphatic heterocycles. The van der Waals surface area contributed by atoms with E-state index in [9.17, 15) is 4.79 Å². The van der Waals surface area contributed by atoms with Crippen molar-refractivity contribution in [2.75, 3.05) is 13.1 Å². The number of halogens is 2. The Labute approximate surface area is 130 Å². The Hall–Kier alpha value is -0.990. The molecule has 1 heterocycles. The van der Waals surface area contributed by atoms with Crippen LogP contribution in [0.25, 0.3) is 6.08 Å². The summed E-state index contributed by atoms with van der Waals surface area (Å²) in [7, 11) is 0. The van der Waals surface area contributed by atoms with Crippen molar-refractivity contribution < 1.29 is 4.79 Å². The van der Waals surface area contributed by atoms with Crippen molar-refractivity contribution in [2.45, 2.75) is 20.3 Å². The molecule has 0 aromatic heterocycles. The zero-order chi connectivity index (χ0) is 14.7. The van der Waals surface area contributed by atoms with Crippen molar-refractivity contribution in [1.29, 1.82) is 0 Å². The van der Waals surface area contributed by atoms with E-state index in [1.165, 1.54) is 6.42 Å². The zero-order valence-electron chi connectivity index (χ0n) is 11.8. The number of nitrogens with zero attached hydrogens (tertiary/aromatic N) is 1. The molecule has 2 unspecified atom stereocenters. The Morgan fingerprint density at radius 3 is 2.50 bits per heavy atom. The number of amides is 1. The maximum absolute atomic E-state index is 12.2. The molecule has 2 atom stereocenters. The molecule has 0 saturated carbocycles. The molecule has 108 valence electrons. The van der Waals surface area contributed by atoms with Gasteiger partial charge in [0.25, 0.3) is 0 Å². The lowest BCUT2D eigenvalue weighted by Gasteiger charge is -2.34. The van der Waals surface area contributed by atoms with Gasteiger partial charge in [-0.2, -0.15) is 0 Å². The van der Waals surface area contributed by atoms with Crippen LogP contribution in [0.5, 0.6) is 0 Å². The second kappa shape index (κ2) is 6.64. The minimum Gasteiger partial charge on any atom is -0.339 e. The highest BCUT2D eigenvalue weighted by Crippen LogP contribution is 2.23. The smallest absolute Gasteiger partial charge is 0.246 e. The number of benzene rings is 1. The van der Waals surface area contributed by atoms with Crippen LogP contribution in [0.1, 0.15) is 25.8 Å². The lowest BCUT2D eigenvalue weighted by atomic mass is 9.92. The van der Waals surface area contributed by atoms with E-state index in [-0.39, 0.29) is 5.91 Å². The van der Waals surface area contributed by atoms with Crippen LogP contribution in [-0.2, 0) is 4.79 Å². The molecule has 1 amide bonds. The van der Waals surface area contributed by atoms with Gasteiger partial charge in [0.2, 0.25) is 5.91 Å². The van der Waals surface area contributed by atoms with Crippen molar-refractivity contribution in [3.63, 3.8) is 0 Å². The Balaban J connectivity index is 2.05. The number of hydrogen-bond acceptors (Lipinski definition) is 1. The molecular weight excluding hydrogens is 293 g/mol. The van der Waals surface area contributed by atoms with E-state index < -0.39 is 0 Å². The average molecular weight is 312 g/mol. The standard InChI is InChI=1S/C16H19Cl2NO/c1-11-7-12(2)10-19(9-11)16(20)6-4-13-3-5-14(17)8-15(13)18/h3-6,8,11-12H,7,9-10H2,1-2H3/b6-4+. The van der Waals surface area contributed by atoms with Crippen molar-refractivity contribution in [3.05, 3.63) is 39.9 Å². The average Bonchev–Trinajstić information content (AvgIpc) is 2.36. The summed E-state index contributed by atoms with van der Waals surface area (Å²) < 4.78 is 0. The summed E-state index contributed by atoms with van der Waals surface area (Å²) in [5.41, 5.74) is 0.808. The predicted molar refractivity (Wildman–Crippen MR) is 85.0 cm³/mol. The van der Waals surface area contributed by atoms with E-state index in [0.29, 0.717) is 21.9 Å². The summed E-state index contributed by atoms with van der Waals surface area (Å²) in [5.74, 6) is 1.18. The second-order valence-electron chi connectivity index (χ2n) is 5.69. The van der Waals surface area contributed by atoms with Gasteiger partial charge in [0.05, 0.1) is 0 Å². The molecule has 1 fully saturated rings. The van der Waals surface area contributed by atoms with Crippen LogP contribution < -0.4 is 0 Å². The maximum Gasteiger partial charge on any atom is 0.246 e. The Morgan fingerprint density at radius 1 is 1.25 bits per heavy atom. The lowest BCUT2D eigenvalue weighted by Crippen LogP contribution is -2.41. The van der Waals surface area contributed by atoms with E-state index in [4.69, 9.17) is 23.2 Å². The SMILES string of the molecule is CC1CC(C)CN(C(=O)/C=C/c2ccc(Cl)cc2Cl)C1. The monoisotopic (exact) mass is 311 g/mol. The van der Waals surface area contributed by atoms with Crippen LogP contribution in [0.4, 0.5) is 0 Å². The van der Waals surface area contributed by atoms with E-state index in [2.05, 4.69) is 13.8 Å². The normalized spacial score (nSPS) is 23.3. The third-order valence-corrected chi connectivity index (χ3v) is 4.11. The van der Waals surface area contributed by atoms with Crippen LogP contribution >= 0.6 is 23.2 Å². The Bertz CT molecular complexity index is 517. The number of likely N-dealkylation sites (tertiary alicyclic amines) is 1. The molecule has 1 aliphatic rings. The highest BCUT2D eigenvalue weighted by Gasteiger charge is 2.23. The lowest BCUT2D eigenvalue weighted by molar-refractivity contribution is -0.128. The summed E-state index contributed by atoms with van der Waals surface area (Å²) in [4.78, 5) is 14.1. The summed E-state index contributed by atoms with van der Waals surface area (Å²) in [6.45, 7) is 6.05. The van der Waals surface area contributed by atoms with Gasteiger partial charge in [-0.3, -0.25) is 4.79 Å². The van der Waals surface area contributed by atoms with Crippen LogP contribution in [0.2, 0.25) is 10.0 Å². The summed E-state index contributed by atoms with van der Waals surface area (Å²) in [5, 5.41) is 1.15. The minimum atomic E-state index is 0.0504. The molecule has 4 heteroatoms. The van der Waals surface area contributed by atoms with Crippen LogP contribution in [0, 0.1) is 11.8 Å². The largest absolute Gasteiger partial charge is 0.339 e. The maximum atomic E-state index is 12.2. The fourth-order valence-electron chi connectivity index (χ4n) is 2.75. The van der Waals surface area contributed by atoms with E-state index >= 15 is 0 Å². The van der Waals surface area contributed by atoms with E-state index in [1.807, 2.05) is 11.0 Å². The van der Waals surface area contributed by atoms with Crippen molar-refractivity contribution >= 4 is 35.2 Å². The Morgan fingerprint density at radius 2 is 1.90 bits per heavy atom. The Kier molecular flexibility index (Phi) is 5.11. The first-order valence-corrected chi connectivity index (χ1v) is 7.63. The van der Waals surface area contributed by atoms with Crippen LogP contribution in [0.3, 0.4) is 0 Å². The first kappa shape index (κ1) is 15.4. The van der Waals surface area contributed by atoms with Crippen LogP contribution in [-0.4, -0.2) is 23.9 Å². The summed E-state index contributed by atoms with van der Waals surface area (Å²) in [6.07, 6.45) is 4.54. The van der Waals surface area contributed by atoms with Gasteiger partial charge in [-0.15, -0.1) is 0 Å². The van der Waals surface area contributed by atoms with Gasteiger partial charge in [-0.25, -0.2) is 0 Å². The number of carbonyl (C=O) groups excluding carboxylic acids is 1. The molecule has 0 radical (unpaired) electrons. The van der Waals surface area contributed by atoms with Gasteiger partial charge in [0, 0.05) is 29.2 Å². The van der Waals surface area contributed by atoms with Gasteiger partial charge in [0.15, 0.2) is 0 Å². The minimum absolute atomic E-state index is 0.0504. The molecule has 0 aliphatic carbocycles. The fourth-order valence-corrected chi connectivity index (χ4v) is 3.22. The number of hydrogen-bond donors (Lipinski definition) is 0. The topological polar surface area (TPSA) is 20.3 Å². The second-order valence-corrected chi connectivity index (χ2v) is 6.53. The predicted octanol–water partition coefficient (Wildman–Crippen LogP) is 4.51. The quantitative estimate of drug-likeness (QED) is 0.736. The number of rotatable bonds is 2. The van der Waals surface area contributed by atoms with E-state index in [0.717, 1.165) is 18.7 Å². The first-order valence-electron chi connectivity index (χ1n) is 6.87. The molecule has 0 spiro atoms. The molecule has 0 bridgehead atoms. The molecule has 0 N–H and O–H groups in total.